The van der Waals surface area contributed by atoms with Gasteiger partial charge in [-0.25, -0.2) is 0 Å². The molecule has 1 unspecified atom stereocenters. The van der Waals surface area contributed by atoms with E-state index in [-0.39, 0.29) is 11.9 Å². The molecule has 1 aliphatic heterocycles. The number of morpholine rings is 1. The Balaban J connectivity index is 2.44. The van der Waals surface area contributed by atoms with Crippen molar-refractivity contribution in [2.75, 3.05) is 39.3 Å². The fourth-order valence-electron chi connectivity index (χ4n) is 2.31. The van der Waals surface area contributed by atoms with E-state index >= 15 is 0 Å². The summed E-state index contributed by atoms with van der Waals surface area (Å²) in [5, 5.41) is 11.6. The molecule has 0 aromatic heterocycles. The summed E-state index contributed by atoms with van der Waals surface area (Å²) in [5.41, 5.74) is 5.53. The van der Waals surface area contributed by atoms with E-state index in [1.165, 1.54) is 0 Å². The third-order valence-corrected chi connectivity index (χ3v) is 3.62. The number of likely N-dealkylation sites (N-methyl/N-ethyl adjacent to an activating group) is 1. The summed E-state index contributed by atoms with van der Waals surface area (Å²) in [6, 6.07) is 0.423. The van der Waals surface area contributed by atoms with Crippen LogP contribution in [0.2, 0.25) is 0 Å². The second kappa shape index (κ2) is 8.35. The Labute approximate surface area is 116 Å². The second-order valence-electron chi connectivity index (χ2n) is 5.32. The SMILES string of the molecule is CCN1CCOC(CN(CCC(N)=NO)C(C)C)C1. The first kappa shape index (κ1) is 16.2. The number of oxime groups is 1. The van der Waals surface area contributed by atoms with Crippen LogP contribution in [0.15, 0.2) is 5.16 Å². The van der Waals surface area contributed by atoms with E-state index in [2.05, 4.69) is 35.7 Å². The van der Waals surface area contributed by atoms with E-state index < -0.39 is 0 Å². The predicted octanol–water partition coefficient (Wildman–Crippen LogP) is 0.554. The lowest BCUT2D eigenvalue weighted by molar-refractivity contribution is -0.0451. The number of hydrogen-bond acceptors (Lipinski definition) is 5. The van der Waals surface area contributed by atoms with Crippen LogP contribution in [-0.4, -0.2) is 72.3 Å². The predicted molar refractivity (Wildman–Crippen MR) is 76.6 cm³/mol. The van der Waals surface area contributed by atoms with Gasteiger partial charge in [-0.3, -0.25) is 9.80 Å². The van der Waals surface area contributed by atoms with E-state index in [0.717, 1.165) is 39.3 Å². The molecule has 1 fully saturated rings. The lowest BCUT2D eigenvalue weighted by Crippen LogP contribution is -2.49. The molecule has 1 saturated heterocycles. The quantitative estimate of drug-likeness (QED) is 0.306. The molecule has 0 aliphatic carbocycles. The van der Waals surface area contributed by atoms with Crippen molar-refractivity contribution in [3.63, 3.8) is 0 Å². The minimum absolute atomic E-state index is 0.253. The molecule has 0 aromatic carbocycles. The van der Waals surface area contributed by atoms with Gasteiger partial charge in [-0.15, -0.1) is 0 Å². The van der Waals surface area contributed by atoms with Gasteiger partial charge >= 0.3 is 0 Å². The summed E-state index contributed by atoms with van der Waals surface area (Å²) in [4.78, 5) is 4.73. The van der Waals surface area contributed by atoms with Crippen molar-refractivity contribution in [2.45, 2.75) is 39.3 Å². The zero-order chi connectivity index (χ0) is 14.3. The molecule has 0 amide bonds. The van der Waals surface area contributed by atoms with E-state index in [0.29, 0.717) is 12.5 Å². The van der Waals surface area contributed by atoms with Gasteiger partial charge in [-0.1, -0.05) is 12.1 Å². The molecule has 112 valence electrons. The topological polar surface area (TPSA) is 74.3 Å². The Hall–Kier alpha value is -0.850. The van der Waals surface area contributed by atoms with Crippen LogP contribution in [0.4, 0.5) is 0 Å². The van der Waals surface area contributed by atoms with Gasteiger partial charge in [0.25, 0.3) is 0 Å². The smallest absolute Gasteiger partial charge is 0.140 e. The molecule has 19 heavy (non-hydrogen) atoms. The maximum absolute atomic E-state index is 8.59. The number of amidine groups is 1. The van der Waals surface area contributed by atoms with Gasteiger partial charge in [0.15, 0.2) is 0 Å². The van der Waals surface area contributed by atoms with Crippen LogP contribution < -0.4 is 5.73 Å². The molecule has 1 aliphatic rings. The van der Waals surface area contributed by atoms with Crippen molar-refractivity contribution >= 4 is 5.84 Å². The summed E-state index contributed by atoms with van der Waals surface area (Å²) in [6.07, 6.45) is 0.835. The largest absolute Gasteiger partial charge is 0.409 e. The molecule has 3 N–H and O–H groups in total. The minimum atomic E-state index is 0.253. The van der Waals surface area contributed by atoms with Crippen LogP contribution in [0.5, 0.6) is 0 Å². The standard InChI is InChI=1S/C13H28N4O2/c1-4-16-7-8-19-12(9-16)10-17(11(2)3)6-5-13(14)15-18/h11-12,18H,4-10H2,1-3H3,(H2,14,15). The van der Waals surface area contributed by atoms with E-state index in [9.17, 15) is 0 Å². The first-order valence-corrected chi connectivity index (χ1v) is 7.11. The monoisotopic (exact) mass is 272 g/mol. The highest BCUT2D eigenvalue weighted by molar-refractivity contribution is 5.79. The maximum atomic E-state index is 8.59. The molecule has 0 aromatic rings. The van der Waals surface area contributed by atoms with Crippen LogP contribution in [0.3, 0.4) is 0 Å². The first-order valence-electron chi connectivity index (χ1n) is 7.11. The van der Waals surface area contributed by atoms with Gasteiger partial charge in [0.05, 0.1) is 12.7 Å². The molecule has 0 saturated carbocycles. The number of nitrogens with two attached hydrogens (primary N) is 1. The fraction of sp³-hybridized carbons (Fsp3) is 0.923. The zero-order valence-corrected chi connectivity index (χ0v) is 12.4. The highest BCUT2D eigenvalue weighted by Crippen LogP contribution is 2.09. The average Bonchev–Trinajstić information content (AvgIpc) is 2.42. The zero-order valence-electron chi connectivity index (χ0n) is 12.4. The minimum Gasteiger partial charge on any atom is -0.409 e. The summed E-state index contributed by atoms with van der Waals surface area (Å²) >= 11 is 0. The summed E-state index contributed by atoms with van der Waals surface area (Å²) in [6.45, 7) is 12.1. The molecule has 1 rings (SSSR count). The highest BCUT2D eigenvalue weighted by Gasteiger charge is 2.23. The molecular weight excluding hydrogens is 244 g/mol. The summed E-state index contributed by atoms with van der Waals surface area (Å²) in [7, 11) is 0. The third-order valence-electron chi connectivity index (χ3n) is 3.62. The third kappa shape index (κ3) is 5.76. The molecule has 6 heteroatoms. The lowest BCUT2D eigenvalue weighted by Gasteiger charge is -2.36. The average molecular weight is 272 g/mol. The van der Waals surface area contributed by atoms with Crippen molar-refractivity contribution in [2.24, 2.45) is 10.9 Å². The van der Waals surface area contributed by atoms with Crippen LogP contribution in [0.1, 0.15) is 27.2 Å². The summed E-state index contributed by atoms with van der Waals surface area (Å²) in [5.74, 6) is 0.283. The van der Waals surface area contributed by atoms with Crippen LogP contribution in [-0.2, 0) is 4.74 Å². The van der Waals surface area contributed by atoms with Crippen molar-refractivity contribution in [3.8, 4) is 0 Å². The Kier molecular flexibility index (Phi) is 7.12. The highest BCUT2D eigenvalue weighted by atomic mass is 16.5. The van der Waals surface area contributed by atoms with Crippen LogP contribution >= 0.6 is 0 Å². The van der Waals surface area contributed by atoms with Crippen molar-refractivity contribution in [1.29, 1.82) is 0 Å². The number of rotatable bonds is 7. The molecule has 6 nitrogen and oxygen atoms in total. The van der Waals surface area contributed by atoms with Crippen molar-refractivity contribution in [1.82, 2.24) is 9.80 Å². The molecule has 0 radical (unpaired) electrons. The van der Waals surface area contributed by atoms with E-state index in [1.807, 2.05) is 0 Å². The molecule has 1 atom stereocenters. The van der Waals surface area contributed by atoms with E-state index in [1.54, 1.807) is 0 Å². The molecule has 1 heterocycles. The van der Waals surface area contributed by atoms with Crippen LogP contribution in [0, 0.1) is 0 Å². The van der Waals surface area contributed by atoms with Crippen molar-refractivity contribution in [3.05, 3.63) is 0 Å². The Morgan fingerprint density at radius 3 is 2.89 bits per heavy atom. The van der Waals surface area contributed by atoms with Gasteiger partial charge in [-0.2, -0.15) is 0 Å². The molecule has 0 spiro atoms. The number of hydrogen-bond donors (Lipinski definition) is 2. The number of ether oxygens (including phenoxy) is 1. The molecular formula is C13H28N4O2. The van der Waals surface area contributed by atoms with Gasteiger partial charge in [0.1, 0.15) is 5.84 Å². The Morgan fingerprint density at radius 2 is 2.32 bits per heavy atom. The number of nitrogens with zero attached hydrogens (tertiary/aromatic N) is 3. The second-order valence-corrected chi connectivity index (χ2v) is 5.32. The summed E-state index contributed by atoms with van der Waals surface area (Å²) < 4.78 is 5.83. The van der Waals surface area contributed by atoms with E-state index in [4.69, 9.17) is 15.7 Å². The normalized spacial score (nSPS) is 22.4. The Morgan fingerprint density at radius 1 is 1.58 bits per heavy atom. The van der Waals surface area contributed by atoms with Gasteiger partial charge in [0, 0.05) is 38.6 Å². The maximum Gasteiger partial charge on any atom is 0.140 e. The Bertz CT molecular complexity index is 284. The first-order chi connectivity index (χ1) is 9.06. The van der Waals surface area contributed by atoms with Gasteiger partial charge in [-0.05, 0) is 20.4 Å². The van der Waals surface area contributed by atoms with Crippen molar-refractivity contribution < 1.29 is 9.94 Å². The van der Waals surface area contributed by atoms with Crippen LogP contribution in [0.25, 0.3) is 0 Å². The van der Waals surface area contributed by atoms with Gasteiger partial charge < -0.3 is 15.7 Å². The van der Waals surface area contributed by atoms with Gasteiger partial charge in [0.2, 0.25) is 0 Å². The fourth-order valence-corrected chi connectivity index (χ4v) is 2.31. The lowest BCUT2D eigenvalue weighted by atomic mass is 10.2. The molecule has 0 bridgehead atoms.